The molecule has 0 heterocycles. The minimum Gasteiger partial charge on any atom is -0.0836 e. The fourth-order valence-corrected chi connectivity index (χ4v) is 15.7. The molecule has 0 nitrogen and oxygen atoms in total. The van der Waals surface area contributed by atoms with E-state index in [0.29, 0.717) is 0 Å². The Bertz CT molecular complexity index is 4240. The Morgan fingerprint density at radius 2 is 0.547 bits per heavy atom. The Kier molecular flexibility index (Phi) is 8.28. The summed E-state index contributed by atoms with van der Waals surface area (Å²) in [5.41, 5.74) is 33.6. The second-order valence-corrected chi connectivity index (χ2v) is 21.6. The largest absolute Gasteiger partial charge is 0.0836 e. The van der Waals surface area contributed by atoms with Gasteiger partial charge < -0.3 is 0 Å². The first-order chi connectivity index (χ1) is 37.2. The van der Waals surface area contributed by atoms with Crippen molar-refractivity contribution < 1.29 is 0 Å². The molecule has 0 radical (unpaired) electrons. The quantitative estimate of drug-likeness (QED) is 0.165. The van der Waals surface area contributed by atoms with E-state index in [-0.39, 0.29) is 10.8 Å². The highest BCUT2D eigenvalue weighted by Crippen LogP contribution is 2.66. The lowest BCUT2D eigenvalue weighted by molar-refractivity contribution is 0.714. The first-order valence-corrected chi connectivity index (χ1v) is 26.8. The van der Waals surface area contributed by atoms with Gasteiger partial charge in [0.15, 0.2) is 0 Å². The minimum absolute atomic E-state index is 0.300. The monoisotopic (exact) mass is 948 g/mol. The van der Waals surface area contributed by atoms with Crippen LogP contribution in [0.25, 0.3) is 72.3 Å². The lowest BCUT2D eigenvalue weighted by Gasteiger charge is -2.34. The van der Waals surface area contributed by atoms with Crippen LogP contribution in [0.5, 0.6) is 0 Å². The summed E-state index contributed by atoms with van der Waals surface area (Å²) in [5, 5.41) is 0. The van der Waals surface area contributed by atoms with Crippen LogP contribution in [0.15, 0.2) is 273 Å². The van der Waals surface area contributed by atoms with Gasteiger partial charge >= 0.3 is 0 Å². The predicted octanol–water partition coefficient (Wildman–Crippen LogP) is 18.2. The number of allylic oxidation sites excluding steroid dienone is 4. The van der Waals surface area contributed by atoms with Crippen LogP contribution in [0.3, 0.4) is 0 Å². The van der Waals surface area contributed by atoms with Crippen molar-refractivity contribution in [3.8, 4) is 66.8 Å². The molecule has 17 rings (SSSR count). The molecule has 1 unspecified atom stereocenters. The summed E-state index contributed by atoms with van der Waals surface area (Å²) in [4.78, 5) is 0. The summed E-state index contributed by atoms with van der Waals surface area (Å²) in [5.74, 6) is 0. The molecular weight excluding hydrogens is 901 g/mol. The van der Waals surface area contributed by atoms with Crippen molar-refractivity contribution >= 4 is 5.57 Å². The highest BCUT2D eigenvalue weighted by molar-refractivity contribution is 5.99. The second-order valence-electron chi connectivity index (χ2n) is 21.6. The normalized spacial score (nSPS) is 17.4. The molecule has 1 atom stereocenters. The maximum absolute atomic E-state index is 2.54. The Morgan fingerprint density at radius 1 is 0.240 bits per heavy atom. The van der Waals surface area contributed by atoms with Crippen molar-refractivity contribution in [2.24, 2.45) is 0 Å². The molecule has 0 bridgehead atoms. The van der Waals surface area contributed by atoms with Crippen molar-refractivity contribution in [1.82, 2.24) is 0 Å². The number of hydrogen-bond donors (Lipinski definition) is 0. The van der Waals surface area contributed by atoms with E-state index < -0.39 is 5.41 Å². The van der Waals surface area contributed by atoms with E-state index in [1.165, 1.54) is 139 Å². The van der Waals surface area contributed by atoms with E-state index in [1.807, 2.05) is 0 Å². The molecule has 0 saturated heterocycles. The molecule has 0 saturated carbocycles. The summed E-state index contributed by atoms with van der Waals surface area (Å²) >= 11 is 0. The zero-order valence-corrected chi connectivity index (χ0v) is 41.3. The molecule has 2 spiro atoms. The zero-order chi connectivity index (χ0) is 49.0. The van der Waals surface area contributed by atoms with Gasteiger partial charge in [0, 0.05) is 0 Å². The van der Waals surface area contributed by atoms with Crippen LogP contribution < -0.4 is 0 Å². The zero-order valence-electron chi connectivity index (χ0n) is 41.3. The van der Waals surface area contributed by atoms with Crippen molar-refractivity contribution in [2.75, 3.05) is 0 Å². The molecule has 11 aromatic carbocycles. The SMILES string of the molecule is C1=CC2=C(CC1)C1(c3ccccc32)c2ccccc2-c2ccc(-c3ccc(C4(c5ccc(-c6ccc7c(c6)C6(c8ccccc8-c8ccccc86)c6ccccc6-7)cc5)c5ccccc5-c5ccccc54)cc3)cc21. The third-order valence-electron chi connectivity index (χ3n) is 18.5. The first kappa shape index (κ1) is 41.4. The Labute approximate surface area is 438 Å². The van der Waals surface area contributed by atoms with Gasteiger partial charge in [0.1, 0.15) is 0 Å². The van der Waals surface area contributed by atoms with E-state index in [2.05, 4.69) is 267 Å². The van der Waals surface area contributed by atoms with E-state index in [9.17, 15) is 0 Å². The van der Waals surface area contributed by atoms with E-state index >= 15 is 0 Å². The maximum Gasteiger partial charge on any atom is 0.0725 e. The average Bonchev–Trinajstić information content (AvgIpc) is 4.41. The average molecular weight is 949 g/mol. The van der Waals surface area contributed by atoms with E-state index in [4.69, 9.17) is 0 Å². The molecule has 0 aliphatic heterocycles. The molecule has 0 N–H and O–H groups in total. The fraction of sp³-hybridized carbons (Fsp3) is 0.0667. The van der Waals surface area contributed by atoms with Crippen LogP contribution in [0, 0.1) is 0 Å². The van der Waals surface area contributed by atoms with Gasteiger partial charge in [-0.05, 0) is 170 Å². The van der Waals surface area contributed by atoms with Crippen LogP contribution >= 0.6 is 0 Å². The lowest BCUT2D eigenvalue weighted by Crippen LogP contribution is -2.28. The second kappa shape index (κ2) is 15.0. The smallest absolute Gasteiger partial charge is 0.0725 e. The van der Waals surface area contributed by atoms with Crippen molar-refractivity contribution in [1.29, 1.82) is 0 Å². The number of hydrogen-bond acceptors (Lipinski definition) is 0. The minimum atomic E-state index is -0.528. The van der Waals surface area contributed by atoms with Gasteiger partial charge in [-0.1, -0.05) is 255 Å². The molecule has 0 heteroatoms. The molecule has 0 amide bonds. The van der Waals surface area contributed by atoms with E-state index in [0.717, 1.165) is 12.8 Å². The van der Waals surface area contributed by atoms with Crippen LogP contribution in [0.1, 0.15) is 79.6 Å². The molecule has 0 fully saturated rings. The summed E-state index contributed by atoms with van der Waals surface area (Å²) < 4.78 is 0. The van der Waals surface area contributed by atoms with Gasteiger partial charge in [-0.3, -0.25) is 0 Å². The first-order valence-electron chi connectivity index (χ1n) is 26.8. The standard InChI is InChI=1S/C75H48/c1-9-25-63-53(17-1)54-18-2-10-26-64(54)73(63,51-39-33-47(34-40-51)49-37-43-61-59-23-7-15-31-69(59)74(71(61)45-49)65-27-11-3-19-55(65)56-20-4-12-28-66(56)74)52-41-35-48(36-42-52)50-38-44-62-60-24-8-16-32-70(60)75(72(62)46-50)67-29-13-5-21-57(67)58-22-6-14-30-68(58)75/h1-13,15-29,31-46H,14,30H2. The van der Waals surface area contributed by atoms with Crippen molar-refractivity contribution in [2.45, 2.75) is 29.1 Å². The van der Waals surface area contributed by atoms with Gasteiger partial charge in [-0.2, -0.15) is 0 Å². The van der Waals surface area contributed by atoms with Crippen LogP contribution in [0.4, 0.5) is 0 Å². The summed E-state index contributed by atoms with van der Waals surface area (Å²) in [7, 11) is 0. The number of benzene rings is 11. The molecule has 0 aromatic heterocycles. The molecule has 348 valence electrons. The van der Waals surface area contributed by atoms with Crippen LogP contribution in [-0.4, -0.2) is 0 Å². The van der Waals surface area contributed by atoms with E-state index in [1.54, 1.807) is 5.57 Å². The molecule has 6 aliphatic carbocycles. The van der Waals surface area contributed by atoms with Gasteiger partial charge in [-0.15, -0.1) is 0 Å². The predicted molar refractivity (Wildman–Crippen MR) is 308 cm³/mol. The molecule has 75 heavy (non-hydrogen) atoms. The lowest BCUT2D eigenvalue weighted by atomic mass is 9.67. The number of fused-ring (bicyclic) bond motifs is 22. The fourth-order valence-electron chi connectivity index (χ4n) is 15.7. The summed E-state index contributed by atoms with van der Waals surface area (Å²) in [6.07, 6.45) is 6.90. The molecular formula is C75H48. The van der Waals surface area contributed by atoms with Crippen LogP contribution in [0.2, 0.25) is 0 Å². The summed E-state index contributed by atoms with van der Waals surface area (Å²) in [6.45, 7) is 0. The maximum atomic E-state index is 2.54. The Morgan fingerprint density at radius 3 is 0.960 bits per heavy atom. The highest BCUT2D eigenvalue weighted by Gasteiger charge is 2.54. The molecule has 11 aromatic rings. The molecule has 6 aliphatic rings. The van der Waals surface area contributed by atoms with Gasteiger partial charge in [-0.25, -0.2) is 0 Å². The highest BCUT2D eigenvalue weighted by atomic mass is 14.6. The van der Waals surface area contributed by atoms with Gasteiger partial charge in [0.25, 0.3) is 0 Å². The Balaban J connectivity index is 0.805. The van der Waals surface area contributed by atoms with Gasteiger partial charge in [0.05, 0.1) is 16.2 Å². The third-order valence-corrected chi connectivity index (χ3v) is 18.5. The summed E-state index contributed by atoms with van der Waals surface area (Å²) in [6, 6.07) is 97.6. The van der Waals surface area contributed by atoms with Crippen LogP contribution in [-0.2, 0) is 16.2 Å². The van der Waals surface area contributed by atoms with Gasteiger partial charge in [0.2, 0.25) is 0 Å². The third kappa shape index (κ3) is 5.08. The number of rotatable bonds is 4. The van der Waals surface area contributed by atoms with Crippen molar-refractivity contribution in [3.63, 3.8) is 0 Å². The van der Waals surface area contributed by atoms with Crippen molar-refractivity contribution in [3.05, 3.63) is 339 Å². The Hall–Kier alpha value is -9.10. The topological polar surface area (TPSA) is 0 Å².